The number of unbranched alkanes of at least 4 members (excludes halogenated alkanes) is 9. The zero-order chi connectivity index (χ0) is 23.7. The topological polar surface area (TPSA) is 35.0 Å². The maximum absolute atomic E-state index is 5.86. The molecule has 1 heterocycles. The molecule has 3 heteroatoms. The van der Waals surface area contributed by atoms with Crippen molar-refractivity contribution in [2.45, 2.75) is 110 Å². The highest BCUT2D eigenvalue weighted by Gasteiger charge is 2.13. The first kappa shape index (κ1) is 26.4. The second kappa shape index (κ2) is 16.5. The van der Waals surface area contributed by atoms with Crippen molar-refractivity contribution in [2.75, 3.05) is 6.61 Å². The Morgan fingerprint density at radius 1 is 0.824 bits per heavy atom. The van der Waals surface area contributed by atoms with Gasteiger partial charge in [-0.25, -0.2) is 9.97 Å². The van der Waals surface area contributed by atoms with Crippen molar-refractivity contribution in [1.82, 2.24) is 9.97 Å². The van der Waals surface area contributed by atoms with Gasteiger partial charge in [0.2, 0.25) is 0 Å². The van der Waals surface area contributed by atoms with Gasteiger partial charge in [-0.2, -0.15) is 0 Å². The fraction of sp³-hybridized carbons (Fsp3) is 0.613. The molecular weight excluding hydrogens is 416 g/mol. The number of hydrogen-bond donors (Lipinski definition) is 0. The molecule has 0 spiro atoms. The molecule has 0 unspecified atom stereocenters. The van der Waals surface area contributed by atoms with Crippen LogP contribution in [0.2, 0.25) is 0 Å². The van der Waals surface area contributed by atoms with E-state index in [2.05, 4.69) is 29.0 Å². The summed E-state index contributed by atoms with van der Waals surface area (Å²) in [6.07, 6.45) is 30.0. The van der Waals surface area contributed by atoms with E-state index in [0.29, 0.717) is 0 Å². The summed E-state index contributed by atoms with van der Waals surface area (Å²) in [7, 11) is 0. The highest BCUT2D eigenvalue weighted by molar-refractivity contribution is 5.57. The van der Waals surface area contributed by atoms with Gasteiger partial charge >= 0.3 is 0 Å². The molecule has 0 atom stereocenters. The van der Waals surface area contributed by atoms with E-state index in [-0.39, 0.29) is 0 Å². The minimum Gasteiger partial charge on any atom is -0.494 e. The number of nitrogens with zero attached hydrogens (tertiary/aromatic N) is 2. The normalized spacial score (nSPS) is 14.3. The molecule has 1 fully saturated rings. The number of hydrogen-bond acceptors (Lipinski definition) is 3. The number of rotatable bonds is 17. The van der Waals surface area contributed by atoms with Crippen LogP contribution in [0.15, 0.2) is 42.7 Å². The van der Waals surface area contributed by atoms with Crippen molar-refractivity contribution in [3.8, 4) is 17.1 Å². The zero-order valence-electron chi connectivity index (χ0n) is 21.5. The monoisotopic (exact) mass is 462 g/mol. The van der Waals surface area contributed by atoms with E-state index in [4.69, 9.17) is 4.74 Å². The molecule has 0 bridgehead atoms. The molecule has 1 aromatic carbocycles. The Kier molecular flexibility index (Phi) is 12.8. The van der Waals surface area contributed by atoms with Gasteiger partial charge in [0.05, 0.1) is 6.61 Å². The lowest BCUT2D eigenvalue weighted by atomic mass is 9.99. The van der Waals surface area contributed by atoms with E-state index in [1.165, 1.54) is 89.9 Å². The minimum atomic E-state index is 0.765. The molecule has 1 aliphatic rings. The Balaban J connectivity index is 1.27. The largest absolute Gasteiger partial charge is 0.494 e. The first-order chi connectivity index (χ1) is 16.8. The van der Waals surface area contributed by atoms with E-state index in [1.54, 1.807) is 0 Å². The molecule has 0 N–H and O–H groups in total. The van der Waals surface area contributed by atoms with Gasteiger partial charge in [-0.05, 0) is 49.4 Å². The average Bonchev–Trinajstić information content (AvgIpc) is 3.39. The van der Waals surface area contributed by atoms with Gasteiger partial charge < -0.3 is 4.74 Å². The van der Waals surface area contributed by atoms with Crippen molar-refractivity contribution in [1.29, 1.82) is 0 Å². The smallest absolute Gasteiger partial charge is 0.159 e. The fourth-order valence-corrected chi connectivity index (χ4v) is 4.91. The summed E-state index contributed by atoms with van der Waals surface area (Å²) in [5, 5.41) is 0. The van der Waals surface area contributed by atoms with Crippen LogP contribution in [0.4, 0.5) is 0 Å². The maximum atomic E-state index is 5.86. The number of aromatic nitrogens is 2. The third kappa shape index (κ3) is 10.4. The predicted molar refractivity (Wildman–Crippen MR) is 145 cm³/mol. The van der Waals surface area contributed by atoms with Gasteiger partial charge in [0.25, 0.3) is 0 Å². The van der Waals surface area contributed by atoms with Crippen molar-refractivity contribution in [3.63, 3.8) is 0 Å². The van der Waals surface area contributed by atoms with Crippen molar-refractivity contribution < 1.29 is 4.74 Å². The quantitative estimate of drug-likeness (QED) is 0.220. The lowest BCUT2D eigenvalue weighted by Crippen LogP contribution is -1.97. The van der Waals surface area contributed by atoms with Crippen LogP contribution in [0, 0.1) is 5.92 Å². The summed E-state index contributed by atoms with van der Waals surface area (Å²) in [6, 6.07) is 8.14. The van der Waals surface area contributed by atoms with Gasteiger partial charge in [0.15, 0.2) is 5.82 Å². The Labute approximate surface area is 208 Å². The van der Waals surface area contributed by atoms with Crippen LogP contribution in [-0.4, -0.2) is 16.6 Å². The molecule has 186 valence electrons. The molecule has 1 aliphatic carbocycles. The van der Waals surface area contributed by atoms with Crippen molar-refractivity contribution >= 4 is 6.08 Å². The third-order valence-corrected chi connectivity index (χ3v) is 7.07. The Hall–Kier alpha value is -2.16. The molecule has 0 saturated heterocycles. The predicted octanol–water partition coefficient (Wildman–Crippen LogP) is 9.43. The molecule has 2 aromatic rings. The van der Waals surface area contributed by atoms with Crippen LogP contribution in [0.5, 0.6) is 5.75 Å². The average molecular weight is 463 g/mol. The van der Waals surface area contributed by atoms with E-state index < -0.39 is 0 Å². The first-order valence-electron chi connectivity index (χ1n) is 14.1. The first-order valence-corrected chi connectivity index (χ1v) is 14.1. The summed E-state index contributed by atoms with van der Waals surface area (Å²) in [5.74, 6) is 2.74. The Bertz CT molecular complexity index is 791. The Morgan fingerprint density at radius 3 is 2.26 bits per heavy atom. The van der Waals surface area contributed by atoms with Crippen LogP contribution in [0.1, 0.15) is 115 Å². The highest BCUT2D eigenvalue weighted by Crippen LogP contribution is 2.29. The van der Waals surface area contributed by atoms with E-state index in [9.17, 15) is 0 Å². The highest BCUT2D eigenvalue weighted by atomic mass is 16.5. The summed E-state index contributed by atoms with van der Waals surface area (Å²) >= 11 is 0. The number of allylic oxidation sites excluding steroid dienone is 1. The fourth-order valence-electron chi connectivity index (χ4n) is 4.91. The number of ether oxygens (including phenoxy) is 1. The second-order valence-corrected chi connectivity index (χ2v) is 10.0. The van der Waals surface area contributed by atoms with E-state index >= 15 is 0 Å². The van der Waals surface area contributed by atoms with Crippen LogP contribution in [-0.2, 0) is 0 Å². The lowest BCUT2D eigenvalue weighted by molar-refractivity contribution is 0.304. The molecule has 0 radical (unpaired) electrons. The molecular formula is C31H46N2O. The van der Waals surface area contributed by atoms with Crippen molar-refractivity contribution in [3.05, 3.63) is 48.3 Å². The van der Waals surface area contributed by atoms with Gasteiger partial charge in [-0.15, -0.1) is 0 Å². The second-order valence-electron chi connectivity index (χ2n) is 10.0. The van der Waals surface area contributed by atoms with Crippen LogP contribution >= 0.6 is 0 Å². The van der Waals surface area contributed by atoms with Gasteiger partial charge in [-0.3, -0.25) is 0 Å². The summed E-state index contributed by atoms with van der Waals surface area (Å²) in [4.78, 5) is 9.12. The van der Waals surface area contributed by atoms with Gasteiger partial charge in [0.1, 0.15) is 5.75 Å². The molecule has 1 saturated carbocycles. The number of benzene rings is 1. The van der Waals surface area contributed by atoms with Crippen LogP contribution in [0.3, 0.4) is 0 Å². The van der Waals surface area contributed by atoms with Crippen LogP contribution in [0.25, 0.3) is 17.5 Å². The summed E-state index contributed by atoms with van der Waals surface area (Å²) < 4.78 is 5.86. The van der Waals surface area contributed by atoms with Crippen molar-refractivity contribution in [2.24, 2.45) is 5.92 Å². The zero-order valence-corrected chi connectivity index (χ0v) is 21.5. The third-order valence-electron chi connectivity index (χ3n) is 7.07. The molecule has 0 aliphatic heterocycles. The van der Waals surface area contributed by atoms with Gasteiger partial charge in [-0.1, -0.05) is 103 Å². The molecule has 0 amide bonds. The summed E-state index contributed by atoms with van der Waals surface area (Å²) in [5.41, 5.74) is 2.10. The maximum Gasteiger partial charge on any atom is 0.159 e. The summed E-state index contributed by atoms with van der Waals surface area (Å²) in [6.45, 7) is 3.04. The van der Waals surface area contributed by atoms with E-state index in [1.807, 2.05) is 36.7 Å². The lowest BCUT2D eigenvalue weighted by Gasteiger charge is -2.07. The molecule has 3 nitrogen and oxygen atoms in total. The molecule has 34 heavy (non-hydrogen) atoms. The minimum absolute atomic E-state index is 0.765. The van der Waals surface area contributed by atoms with Gasteiger partial charge in [0, 0.05) is 23.5 Å². The molecule has 1 aromatic heterocycles. The standard InChI is InChI=1S/C31H46N2O/c1-2-3-4-10-15-24-34-30-22-20-29(21-23-30)31-32-25-28(26-33-31)19-12-9-7-5-6-8-11-16-27-17-13-14-18-27/h12,19-23,25-27H,2-11,13-18,24H2,1H3/b19-12+. The van der Waals surface area contributed by atoms with E-state index in [0.717, 1.165) is 48.1 Å². The van der Waals surface area contributed by atoms with Crippen LogP contribution < -0.4 is 4.74 Å². The Morgan fingerprint density at radius 2 is 1.50 bits per heavy atom. The molecule has 3 rings (SSSR count). The SMILES string of the molecule is CCCCCCCOc1ccc(-c2ncc(/C=C/CCCCCCCC3CCCC3)cn2)cc1.